The molecule has 1 aromatic carbocycles. The molecule has 0 heterocycles. The van der Waals surface area contributed by atoms with Crippen molar-refractivity contribution >= 4 is 11.8 Å². The van der Waals surface area contributed by atoms with Crippen LogP contribution in [-0.2, 0) is 10.8 Å². The first-order chi connectivity index (χ1) is 11.2. The Bertz CT molecular complexity index is 540. The molecule has 2 nitrogen and oxygen atoms in total. The van der Waals surface area contributed by atoms with Gasteiger partial charge in [0.25, 0.3) is 0 Å². The normalized spacial score (nSPS) is 15.5. The zero-order valence-corrected chi connectivity index (χ0v) is 18.5. The number of rotatable bonds is 6. The molecule has 2 N–H and O–H groups in total. The minimum absolute atomic E-state index is 0.0953. The molecule has 3 heteroatoms. The van der Waals surface area contributed by atoms with E-state index >= 15 is 0 Å². The summed E-state index contributed by atoms with van der Waals surface area (Å²) in [5.41, 5.74) is 1.24. The maximum atomic E-state index is 10.8. The van der Waals surface area contributed by atoms with Crippen LogP contribution in [0.3, 0.4) is 0 Å². The van der Waals surface area contributed by atoms with Gasteiger partial charge in [0.15, 0.2) is 0 Å². The second-order valence-corrected chi connectivity index (χ2v) is 11.0. The van der Waals surface area contributed by atoms with Crippen molar-refractivity contribution in [2.24, 2.45) is 5.92 Å². The third kappa shape index (κ3) is 6.21. The smallest absolute Gasteiger partial charge is 0.123 e. The van der Waals surface area contributed by atoms with Crippen LogP contribution in [0, 0.1) is 5.92 Å². The first-order valence-corrected chi connectivity index (χ1v) is 10.4. The maximum absolute atomic E-state index is 10.8. The largest absolute Gasteiger partial charge is 0.507 e. The highest BCUT2D eigenvalue weighted by molar-refractivity contribution is 7.99. The average molecular weight is 367 g/mol. The van der Waals surface area contributed by atoms with E-state index in [0.29, 0.717) is 5.75 Å². The monoisotopic (exact) mass is 366 g/mol. The summed E-state index contributed by atoms with van der Waals surface area (Å²) in [7, 11) is 0. The number of aromatic hydroxyl groups is 1. The molecule has 0 aromatic heterocycles. The van der Waals surface area contributed by atoms with Gasteiger partial charge in [0.2, 0.25) is 0 Å². The highest BCUT2D eigenvalue weighted by atomic mass is 32.2. The van der Waals surface area contributed by atoms with Crippen molar-refractivity contribution in [1.82, 2.24) is 0 Å². The van der Waals surface area contributed by atoms with Crippen molar-refractivity contribution in [3.8, 4) is 5.75 Å². The summed E-state index contributed by atoms with van der Waals surface area (Å²) in [6, 6.07) is 4.27. The molecule has 0 spiro atoms. The third-order valence-corrected chi connectivity index (χ3v) is 6.10. The van der Waals surface area contributed by atoms with E-state index < -0.39 is 5.60 Å². The van der Waals surface area contributed by atoms with Gasteiger partial charge in [-0.2, -0.15) is 0 Å². The van der Waals surface area contributed by atoms with Gasteiger partial charge < -0.3 is 10.2 Å². The minimum Gasteiger partial charge on any atom is -0.507 e. The standard InChI is InChI=1S/C22H38O2S/c1-15(2)22(9,24)11-10-12-25-16-13-17(20(3,4)5)19(23)18(14-16)21(6,7)8/h13-15,23-24H,10-12H2,1-9H3. The Hall–Kier alpha value is -0.670. The van der Waals surface area contributed by atoms with Crippen molar-refractivity contribution < 1.29 is 10.2 Å². The molecule has 1 aromatic rings. The van der Waals surface area contributed by atoms with Crippen LogP contribution < -0.4 is 0 Å². The van der Waals surface area contributed by atoms with Crippen LogP contribution in [-0.4, -0.2) is 21.6 Å². The van der Waals surface area contributed by atoms with E-state index in [-0.39, 0.29) is 16.7 Å². The summed E-state index contributed by atoms with van der Waals surface area (Å²) in [5, 5.41) is 21.2. The fraction of sp³-hybridized carbons (Fsp3) is 0.727. The van der Waals surface area contributed by atoms with Crippen LogP contribution in [0.15, 0.2) is 17.0 Å². The number of benzene rings is 1. The van der Waals surface area contributed by atoms with Crippen molar-refractivity contribution in [3.05, 3.63) is 23.3 Å². The van der Waals surface area contributed by atoms with Gasteiger partial charge >= 0.3 is 0 Å². The molecule has 1 atom stereocenters. The predicted molar refractivity (Wildman–Crippen MR) is 111 cm³/mol. The second kappa shape index (κ2) is 7.92. The number of thioether (sulfide) groups is 1. The predicted octanol–water partition coefficient (Wildman–Crippen LogP) is 6.27. The quantitative estimate of drug-likeness (QED) is 0.460. The first kappa shape index (κ1) is 22.4. The van der Waals surface area contributed by atoms with Gasteiger partial charge in [-0.1, -0.05) is 55.4 Å². The summed E-state index contributed by atoms with van der Waals surface area (Å²) in [4.78, 5) is 1.21. The van der Waals surface area contributed by atoms with Gasteiger partial charge in [-0.25, -0.2) is 0 Å². The highest BCUT2D eigenvalue weighted by Crippen LogP contribution is 2.42. The van der Waals surface area contributed by atoms with Crippen LogP contribution in [0.25, 0.3) is 0 Å². The van der Waals surface area contributed by atoms with Gasteiger partial charge in [-0.15, -0.1) is 11.8 Å². The minimum atomic E-state index is -0.595. The fourth-order valence-corrected chi connectivity index (χ4v) is 3.67. The maximum Gasteiger partial charge on any atom is 0.123 e. The molecular weight excluding hydrogens is 328 g/mol. The van der Waals surface area contributed by atoms with Crippen LogP contribution in [0.1, 0.15) is 86.3 Å². The van der Waals surface area contributed by atoms with Crippen molar-refractivity contribution in [2.45, 2.75) is 96.5 Å². The molecule has 144 valence electrons. The zero-order valence-electron chi connectivity index (χ0n) is 17.7. The molecule has 1 unspecified atom stereocenters. The SMILES string of the molecule is CC(C)C(C)(O)CCCSc1cc(C(C)(C)C)c(O)c(C(C)(C)C)c1. The lowest BCUT2D eigenvalue weighted by Gasteiger charge is -2.28. The summed E-state index contributed by atoms with van der Waals surface area (Å²) >= 11 is 1.82. The lowest BCUT2D eigenvalue weighted by molar-refractivity contribution is 0.00504. The molecule has 0 aliphatic heterocycles. The Morgan fingerprint density at radius 2 is 1.36 bits per heavy atom. The number of aliphatic hydroxyl groups is 1. The topological polar surface area (TPSA) is 40.5 Å². The number of hydrogen-bond acceptors (Lipinski definition) is 3. The fourth-order valence-electron chi connectivity index (χ4n) is 2.74. The van der Waals surface area contributed by atoms with Gasteiger partial charge in [0.1, 0.15) is 5.75 Å². The molecule has 0 bridgehead atoms. The molecule has 0 saturated heterocycles. The molecule has 0 aliphatic carbocycles. The van der Waals surface area contributed by atoms with Crippen molar-refractivity contribution in [3.63, 3.8) is 0 Å². The summed E-state index contributed by atoms with van der Waals surface area (Å²) in [6.07, 6.45) is 1.79. The Kier molecular flexibility index (Phi) is 7.09. The van der Waals surface area contributed by atoms with Crippen molar-refractivity contribution in [1.29, 1.82) is 0 Å². The Morgan fingerprint density at radius 1 is 0.920 bits per heavy atom. The molecular formula is C22H38O2S. The van der Waals surface area contributed by atoms with Crippen LogP contribution in [0.2, 0.25) is 0 Å². The first-order valence-electron chi connectivity index (χ1n) is 9.39. The average Bonchev–Trinajstić information content (AvgIpc) is 2.42. The molecule has 0 saturated carbocycles. The van der Waals surface area contributed by atoms with E-state index in [2.05, 4.69) is 67.5 Å². The Morgan fingerprint density at radius 3 is 1.72 bits per heavy atom. The van der Waals surface area contributed by atoms with E-state index in [1.165, 1.54) is 4.90 Å². The van der Waals surface area contributed by atoms with Crippen molar-refractivity contribution in [2.75, 3.05) is 5.75 Å². The molecule has 25 heavy (non-hydrogen) atoms. The summed E-state index contributed by atoms with van der Waals surface area (Å²) in [5.74, 6) is 1.68. The van der Waals surface area contributed by atoms with E-state index in [9.17, 15) is 10.2 Å². The van der Waals surface area contributed by atoms with E-state index in [4.69, 9.17) is 0 Å². The number of phenolic OH excluding ortho intramolecular Hbond substituents is 1. The lowest BCUT2D eigenvalue weighted by Crippen LogP contribution is -2.30. The lowest BCUT2D eigenvalue weighted by atomic mass is 9.79. The molecule has 0 amide bonds. The number of phenols is 1. The summed E-state index contributed by atoms with van der Waals surface area (Å²) in [6.45, 7) is 18.9. The molecule has 0 fully saturated rings. The van der Waals surface area contributed by atoms with Gasteiger partial charge in [0.05, 0.1) is 5.60 Å². The van der Waals surface area contributed by atoms with E-state index in [0.717, 1.165) is 29.7 Å². The third-order valence-electron chi connectivity index (χ3n) is 5.04. The zero-order chi connectivity index (χ0) is 19.6. The van der Waals surface area contributed by atoms with Gasteiger partial charge in [-0.3, -0.25) is 0 Å². The molecule has 0 aliphatic rings. The summed E-state index contributed by atoms with van der Waals surface area (Å²) < 4.78 is 0. The van der Waals surface area contributed by atoms with Crippen LogP contribution in [0.4, 0.5) is 0 Å². The molecule has 0 radical (unpaired) electrons. The number of hydrogen-bond donors (Lipinski definition) is 2. The van der Waals surface area contributed by atoms with Crippen LogP contribution in [0.5, 0.6) is 5.75 Å². The van der Waals surface area contributed by atoms with Gasteiger partial charge in [0, 0.05) is 16.0 Å². The highest BCUT2D eigenvalue weighted by Gasteiger charge is 2.27. The second-order valence-electron chi connectivity index (χ2n) is 9.83. The Balaban J connectivity index is 2.97. The van der Waals surface area contributed by atoms with E-state index in [1.807, 2.05) is 18.7 Å². The van der Waals surface area contributed by atoms with E-state index in [1.54, 1.807) is 0 Å². The van der Waals surface area contributed by atoms with Crippen LogP contribution >= 0.6 is 11.8 Å². The molecule has 1 rings (SSSR count). The van der Waals surface area contributed by atoms with Gasteiger partial charge in [-0.05, 0) is 54.4 Å². The Labute approximate surface area is 159 Å².